The van der Waals surface area contributed by atoms with Crippen LogP contribution in [0, 0.1) is 5.41 Å². The molecule has 5 heteroatoms. The third kappa shape index (κ3) is 2.99. The highest BCUT2D eigenvalue weighted by molar-refractivity contribution is 6.04. The van der Waals surface area contributed by atoms with Crippen LogP contribution in [0.3, 0.4) is 0 Å². The fraction of sp³-hybridized carbons (Fsp3) is 0.467. The summed E-state index contributed by atoms with van der Waals surface area (Å²) in [5.74, 6) is -0.242. The zero-order valence-corrected chi connectivity index (χ0v) is 12.0. The van der Waals surface area contributed by atoms with E-state index < -0.39 is 5.41 Å². The Bertz CT molecular complexity index is 508. The third-order valence-corrected chi connectivity index (χ3v) is 3.79. The molecule has 1 aliphatic rings. The topological polar surface area (TPSA) is 70.2 Å². The fourth-order valence-electron chi connectivity index (χ4n) is 2.45. The number of anilines is 1. The Balaban J connectivity index is 2.17. The van der Waals surface area contributed by atoms with Crippen LogP contribution in [0.15, 0.2) is 24.3 Å². The van der Waals surface area contributed by atoms with Crippen molar-refractivity contribution in [2.75, 3.05) is 25.5 Å². The first-order chi connectivity index (χ1) is 9.57. The molecule has 1 fully saturated rings. The maximum absolute atomic E-state index is 12.5. The summed E-state index contributed by atoms with van der Waals surface area (Å²) < 4.78 is 0. The summed E-state index contributed by atoms with van der Waals surface area (Å²) >= 11 is 0. The van der Waals surface area contributed by atoms with Crippen molar-refractivity contribution in [1.29, 1.82) is 0 Å². The van der Waals surface area contributed by atoms with Crippen LogP contribution >= 0.6 is 0 Å². The lowest BCUT2D eigenvalue weighted by molar-refractivity contribution is -0.125. The maximum Gasteiger partial charge on any atom is 0.253 e. The van der Waals surface area contributed by atoms with Gasteiger partial charge >= 0.3 is 0 Å². The van der Waals surface area contributed by atoms with Gasteiger partial charge in [-0.05, 0) is 38.4 Å². The standard InChI is InChI=1S/C15H21N3O2/c1-15(8-5-9-17-10-15)14(20)18-12-7-4-3-6-11(12)13(19)16-2/h3-4,6-7,17H,5,8-10H2,1-2H3,(H,16,19)(H,18,20). The minimum atomic E-state index is -0.423. The van der Waals surface area contributed by atoms with E-state index in [0.29, 0.717) is 17.8 Å². The maximum atomic E-state index is 12.5. The van der Waals surface area contributed by atoms with E-state index in [-0.39, 0.29) is 11.8 Å². The Hall–Kier alpha value is -1.88. The molecule has 1 atom stereocenters. The van der Waals surface area contributed by atoms with Gasteiger partial charge in [-0.2, -0.15) is 0 Å². The number of carbonyl (C=O) groups excluding carboxylic acids is 2. The SMILES string of the molecule is CNC(=O)c1ccccc1NC(=O)C1(C)CCCNC1. The first kappa shape index (κ1) is 14.5. The number of benzene rings is 1. The lowest BCUT2D eigenvalue weighted by atomic mass is 9.82. The highest BCUT2D eigenvalue weighted by Crippen LogP contribution is 2.28. The number of hydrogen-bond donors (Lipinski definition) is 3. The molecule has 0 spiro atoms. The molecular weight excluding hydrogens is 254 g/mol. The normalized spacial score (nSPS) is 22.1. The van der Waals surface area contributed by atoms with E-state index in [9.17, 15) is 9.59 Å². The van der Waals surface area contributed by atoms with Crippen LogP contribution in [0.1, 0.15) is 30.1 Å². The van der Waals surface area contributed by atoms with Crippen molar-refractivity contribution in [3.05, 3.63) is 29.8 Å². The molecule has 0 radical (unpaired) electrons. The second-order valence-corrected chi connectivity index (χ2v) is 5.42. The first-order valence-corrected chi connectivity index (χ1v) is 6.90. The predicted octanol–water partition coefficient (Wildman–Crippen LogP) is 1.37. The molecule has 20 heavy (non-hydrogen) atoms. The monoisotopic (exact) mass is 275 g/mol. The van der Waals surface area contributed by atoms with Gasteiger partial charge in [-0.15, -0.1) is 0 Å². The summed E-state index contributed by atoms with van der Waals surface area (Å²) in [7, 11) is 1.58. The largest absolute Gasteiger partial charge is 0.355 e. The highest BCUT2D eigenvalue weighted by atomic mass is 16.2. The van der Waals surface area contributed by atoms with Gasteiger partial charge in [-0.1, -0.05) is 12.1 Å². The number of hydrogen-bond acceptors (Lipinski definition) is 3. The van der Waals surface area contributed by atoms with Gasteiger partial charge in [0, 0.05) is 13.6 Å². The van der Waals surface area contributed by atoms with Crippen LogP contribution in [-0.2, 0) is 4.79 Å². The molecule has 1 saturated heterocycles. The van der Waals surface area contributed by atoms with E-state index in [1.165, 1.54) is 0 Å². The summed E-state index contributed by atoms with van der Waals surface area (Å²) in [6.45, 7) is 3.58. The van der Waals surface area contributed by atoms with Crippen molar-refractivity contribution in [3.63, 3.8) is 0 Å². The number of carbonyl (C=O) groups is 2. The van der Waals surface area contributed by atoms with E-state index in [2.05, 4.69) is 16.0 Å². The van der Waals surface area contributed by atoms with Crippen LogP contribution < -0.4 is 16.0 Å². The van der Waals surface area contributed by atoms with E-state index in [1.54, 1.807) is 25.2 Å². The molecule has 0 aromatic heterocycles. The predicted molar refractivity (Wildman–Crippen MR) is 78.7 cm³/mol. The minimum absolute atomic E-state index is 0.0407. The smallest absolute Gasteiger partial charge is 0.253 e. The van der Waals surface area contributed by atoms with Crippen molar-refractivity contribution >= 4 is 17.5 Å². The van der Waals surface area contributed by atoms with Gasteiger partial charge in [0.2, 0.25) is 5.91 Å². The minimum Gasteiger partial charge on any atom is -0.355 e. The van der Waals surface area contributed by atoms with Crippen LogP contribution in [0.25, 0.3) is 0 Å². The summed E-state index contributed by atoms with van der Waals surface area (Å²) in [5.41, 5.74) is 0.619. The third-order valence-electron chi connectivity index (χ3n) is 3.79. The van der Waals surface area contributed by atoms with E-state index in [4.69, 9.17) is 0 Å². The van der Waals surface area contributed by atoms with Gasteiger partial charge in [0.05, 0.1) is 16.7 Å². The van der Waals surface area contributed by atoms with Gasteiger partial charge in [-0.25, -0.2) is 0 Å². The fourth-order valence-corrected chi connectivity index (χ4v) is 2.45. The Labute approximate surface area is 119 Å². The van der Waals surface area contributed by atoms with E-state index >= 15 is 0 Å². The number of rotatable bonds is 3. The zero-order valence-electron chi connectivity index (χ0n) is 12.0. The van der Waals surface area contributed by atoms with Crippen LogP contribution in [0.2, 0.25) is 0 Å². The Kier molecular flexibility index (Phi) is 4.39. The number of nitrogens with one attached hydrogen (secondary N) is 3. The molecule has 2 amide bonds. The van der Waals surface area contributed by atoms with Gasteiger partial charge in [-0.3, -0.25) is 9.59 Å². The molecule has 0 aliphatic carbocycles. The van der Waals surface area contributed by atoms with Gasteiger partial charge in [0.15, 0.2) is 0 Å². The van der Waals surface area contributed by atoms with Crippen LogP contribution in [0.4, 0.5) is 5.69 Å². The Morgan fingerprint density at radius 3 is 2.70 bits per heavy atom. The summed E-state index contributed by atoms with van der Waals surface area (Å²) in [5, 5.41) is 8.73. The number of para-hydroxylation sites is 1. The van der Waals surface area contributed by atoms with Crippen LogP contribution in [-0.4, -0.2) is 32.0 Å². The molecule has 2 rings (SSSR count). The molecule has 0 bridgehead atoms. The van der Waals surface area contributed by atoms with Gasteiger partial charge in [0.25, 0.3) is 5.91 Å². The van der Waals surface area contributed by atoms with E-state index in [1.807, 2.05) is 13.0 Å². The quantitative estimate of drug-likeness (QED) is 0.780. The molecule has 1 aromatic rings. The van der Waals surface area contributed by atoms with Crippen molar-refractivity contribution in [3.8, 4) is 0 Å². The highest BCUT2D eigenvalue weighted by Gasteiger charge is 2.35. The average Bonchev–Trinajstić information content (AvgIpc) is 2.47. The molecule has 1 aromatic carbocycles. The van der Waals surface area contributed by atoms with Crippen LogP contribution in [0.5, 0.6) is 0 Å². The van der Waals surface area contributed by atoms with Crippen molar-refractivity contribution < 1.29 is 9.59 Å². The molecule has 1 unspecified atom stereocenters. The summed E-state index contributed by atoms with van der Waals surface area (Å²) in [4.78, 5) is 24.3. The molecule has 1 heterocycles. The molecule has 1 aliphatic heterocycles. The summed E-state index contributed by atoms with van der Waals surface area (Å²) in [6.07, 6.45) is 1.84. The van der Waals surface area contributed by atoms with Crippen molar-refractivity contribution in [2.45, 2.75) is 19.8 Å². The van der Waals surface area contributed by atoms with Gasteiger partial charge < -0.3 is 16.0 Å². The number of amides is 2. The average molecular weight is 275 g/mol. The Morgan fingerprint density at radius 1 is 1.30 bits per heavy atom. The zero-order chi connectivity index (χ0) is 14.6. The van der Waals surface area contributed by atoms with Crippen molar-refractivity contribution in [1.82, 2.24) is 10.6 Å². The number of piperidine rings is 1. The molecule has 5 nitrogen and oxygen atoms in total. The Morgan fingerprint density at radius 2 is 2.05 bits per heavy atom. The lowest BCUT2D eigenvalue weighted by Crippen LogP contribution is -2.46. The second kappa shape index (κ2) is 6.05. The van der Waals surface area contributed by atoms with Gasteiger partial charge in [0.1, 0.15) is 0 Å². The summed E-state index contributed by atoms with van der Waals surface area (Å²) in [6, 6.07) is 7.05. The van der Waals surface area contributed by atoms with Crippen molar-refractivity contribution in [2.24, 2.45) is 5.41 Å². The molecule has 3 N–H and O–H groups in total. The first-order valence-electron chi connectivity index (χ1n) is 6.90. The molecule has 108 valence electrons. The molecular formula is C15H21N3O2. The lowest BCUT2D eigenvalue weighted by Gasteiger charge is -2.32. The van der Waals surface area contributed by atoms with E-state index in [0.717, 1.165) is 19.4 Å². The second-order valence-electron chi connectivity index (χ2n) is 5.42. The molecule has 0 saturated carbocycles.